The number of H-pyrrole nitrogens is 1. The maximum Gasteiger partial charge on any atom is 0.487 e. The molecule has 1 saturated heterocycles. The van der Waals surface area contributed by atoms with Gasteiger partial charge in [0, 0.05) is 66.4 Å². The van der Waals surface area contributed by atoms with Crippen LogP contribution in [0.3, 0.4) is 0 Å². The van der Waals surface area contributed by atoms with Crippen molar-refractivity contribution in [1.29, 1.82) is 0 Å². The second-order valence-electron chi connectivity index (χ2n) is 10.2. The van der Waals surface area contributed by atoms with E-state index in [0.29, 0.717) is 42.1 Å². The summed E-state index contributed by atoms with van der Waals surface area (Å²) in [6.07, 6.45) is 1.97. The van der Waals surface area contributed by atoms with Gasteiger partial charge in [-0.1, -0.05) is 0 Å². The van der Waals surface area contributed by atoms with E-state index in [0.717, 1.165) is 18.5 Å². The van der Waals surface area contributed by atoms with E-state index < -0.39 is 17.0 Å². The van der Waals surface area contributed by atoms with E-state index in [4.69, 9.17) is 11.6 Å². The number of nitrogens with zero attached hydrogens (tertiary/aromatic N) is 3. The standard InChI is InChI=1S/C27H28ClF2N5O4/c1-26(2)23-20(22-7-9-31-33-22)13-16(24(37)32-17-3-5-19(6-4-17)39-27(28,29)30)14-21(23)25(38)35(26)12-11-34-10-8-18(36)15-34/h3-7,9,13-14,18,36H,8,10-12,15H2,1-2H3,(H,31,33)(H,32,37)/t18-/m1/s1. The highest BCUT2D eigenvalue weighted by atomic mass is 35.5. The molecule has 0 saturated carbocycles. The summed E-state index contributed by atoms with van der Waals surface area (Å²) in [5.74, 6) is -0.831. The van der Waals surface area contributed by atoms with Crippen molar-refractivity contribution in [3.63, 3.8) is 0 Å². The van der Waals surface area contributed by atoms with Crippen LogP contribution in [0.2, 0.25) is 0 Å². The lowest BCUT2D eigenvalue weighted by molar-refractivity contribution is -0.0964. The van der Waals surface area contributed by atoms with Crippen LogP contribution in [0.25, 0.3) is 11.3 Å². The number of carbonyl (C=O) groups is 2. The van der Waals surface area contributed by atoms with Gasteiger partial charge < -0.3 is 20.1 Å². The van der Waals surface area contributed by atoms with Gasteiger partial charge in [0.2, 0.25) is 0 Å². The molecule has 2 amide bonds. The molecule has 39 heavy (non-hydrogen) atoms. The number of aliphatic hydroxyl groups excluding tert-OH is 1. The molecular formula is C27H28ClF2N5O4. The maximum absolute atomic E-state index is 13.7. The minimum Gasteiger partial charge on any atom is -0.420 e. The van der Waals surface area contributed by atoms with Crippen LogP contribution in [-0.4, -0.2) is 74.8 Å². The van der Waals surface area contributed by atoms with Crippen molar-refractivity contribution in [2.75, 3.05) is 31.5 Å². The SMILES string of the molecule is CC1(C)c2c(cc(C(=O)Nc3ccc(OC(F)(F)Cl)cc3)cc2-c2ccn[nH]2)C(=O)N1CCN1CC[C@@H](O)C1. The topological polar surface area (TPSA) is 111 Å². The summed E-state index contributed by atoms with van der Waals surface area (Å²) in [7, 11) is 0. The van der Waals surface area contributed by atoms with Crippen molar-refractivity contribution in [3.8, 4) is 17.0 Å². The molecule has 5 rings (SSSR count). The van der Waals surface area contributed by atoms with Gasteiger partial charge >= 0.3 is 5.57 Å². The van der Waals surface area contributed by atoms with Crippen LogP contribution < -0.4 is 10.1 Å². The Morgan fingerprint density at radius 2 is 1.95 bits per heavy atom. The van der Waals surface area contributed by atoms with Crippen molar-refractivity contribution in [1.82, 2.24) is 20.0 Å². The molecule has 3 aromatic rings. The van der Waals surface area contributed by atoms with Crippen LogP contribution >= 0.6 is 11.6 Å². The van der Waals surface area contributed by atoms with Gasteiger partial charge in [0.25, 0.3) is 11.8 Å². The third kappa shape index (κ3) is 5.61. The lowest BCUT2D eigenvalue weighted by Gasteiger charge is -2.34. The largest absolute Gasteiger partial charge is 0.487 e. The predicted octanol–water partition coefficient (Wildman–Crippen LogP) is 4.25. The Kier molecular flexibility index (Phi) is 7.08. The molecule has 12 heteroatoms. The van der Waals surface area contributed by atoms with Crippen molar-refractivity contribution in [2.45, 2.75) is 37.5 Å². The summed E-state index contributed by atoms with van der Waals surface area (Å²) in [5.41, 5.74) is -1.36. The van der Waals surface area contributed by atoms with Gasteiger partial charge in [-0.05, 0) is 68.3 Å². The summed E-state index contributed by atoms with van der Waals surface area (Å²) in [5, 5.41) is 19.6. The zero-order valence-corrected chi connectivity index (χ0v) is 22.1. The van der Waals surface area contributed by atoms with Gasteiger partial charge in [0.15, 0.2) is 0 Å². The fourth-order valence-electron chi connectivity index (χ4n) is 5.33. The lowest BCUT2D eigenvalue weighted by Crippen LogP contribution is -2.43. The number of hydrogen-bond acceptors (Lipinski definition) is 6. The predicted molar refractivity (Wildman–Crippen MR) is 141 cm³/mol. The first kappa shape index (κ1) is 27.0. The number of halogens is 3. The Morgan fingerprint density at radius 3 is 2.56 bits per heavy atom. The molecule has 0 spiro atoms. The monoisotopic (exact) mass is 559 g/mol. The lowest BCUT2D eigenvalue weighted by atomic mass is 9.86. The number of aromatic nitrogens is 2. The number of aliphatic hydroxyl groups is 1. The Labute approximate surface area is 228 Å². The Balaban J connectivity index is 1.43. The van der Waals surface area contributed by atoms with Gasteiger partial charge in [0.1, 0.15) is 5.75 Å². The first-order valence-corrected chi connectivity index (χ1v) is 12.9. The number of β-amino-alcohol motifs (C(OH)–C–C–N with tert-alkyl or cyclic N) is 1. The van der Waals surface area contributed by atoms with Crippen molar-refractivity contribution < 1.29 is 28.2 Å². The zero-order valence-electron chi connectivity index (χ0n) is 21.4. The smallest absolute Gasteiger partial charge is 0.420 e. The molecule has 3 heterocycles. The number of benzene rings is 2. The van der Waals surface area contributed by atoms with E-state index in [-0.39, 0.29) is 23.3 Å². The molecular weight excluding hydrogens is 532 g/mol. The normalized spacial score (nSPS) is 18.9. The number of hydrogen-bond donors (Lipinski definition) is 3. The molecule has 3 N–H and O–H groups in total. The summed E-state index contributed by atoms with van der Waals surface area (Å²) in [6.45, 7) is 6.41. The Bertz CT molecular complexity index is 1380. The van der Waals surface area contributed by atoms with Crippen molar-refractivity contribution >= 4 is 29.1 Å². The van der Waals surface area contributed by atoms with E-state index in [9.17, 15) is 23.5 Å². The van der Waals surface area contributed by atoms with Crippen molar-refractivity contribution in [3.05, 3.63) is 65.4 Å². The Hall–Kier alpha value is -3.54. The number of carbonyl (C=O) groups excluding carboxylic acids is 2. The molecule has 2 aliphatic heterocycles. The molecule has 206 valence electrons. The molecule has 2 aromatic carbocycles. The highest BCUT2D eigenvalue weighted by Crippen LogP contribution is 2.44. The molecule has 1 atom stereocenters. The van der Waals surface area contributed by atoms with Gasteiger partial charge in [-0.3, -0.25) is 19.6 Å². The van der Waals surface area contributed by atoms with Gasteiger partial charge in [0.05, 0.1) is 17.3 Å². The first-order chi connectivity index (χ1) is 18.4. The van der Waals surface area contributed by atoms with Crippen LogP contribution in [0.1, 0.15) is 46.5 Å². The maximum atomic E-state index is 13.7. The molecule has 2 aliphatic rings. The van der Waals surface area contributed by atoms with E-state index in [1.807, 2.05) is 13.8 Å². The van der Waals surface area contributed by atoms with Crippen LogP contribution in [-0.2, 0) is 5.54 Å². The molecule has 0 bridgehead atoms. The molecule has 0 unspecified atom stereocenters. The number of likely N-dealkylation sites (tertiary alicyclic amines) is 1. The molecule has 1 aromatic heterocycles. The first-order valence-electron chi connectivity index (χ1n) is 12.5. The third-order valence-electron chi connectivity index (χ3n) is 7.19. The van der Waals surface area contributed by atoms with E-state index in [1.54, 1.807) is 29.3 Å². The average molecular weight is 560 g/mol. The summed E-state index contributed by atoms with van der Waals surface area (Å²) >= 11 is 4.80. The van der Waals surface area contributed by atoms with Gasteiger partial charge in [-0.25, -0.2) is 0 Å². The van der Waals surface area contributed by atoms with Crippen LogP contribution in [0, 0.1) is 0 Å². The van der Waals surface area contributed by atoms with E-state index in [1.165, 1.54) is 24.3 Å². The summed E-state index contributed by atoms with van der Waals surface area (Å²) in [4.78, 5) is 30.9. The second kappa shape index (κ2) is 10.2. The molecule has 0 aliphatic carbocycles. The molecule has 0 radical (unpaired) electrons. The zero-order chi connectivity index (χ0) is 27.9. The highest BCUT2D eigenvalue weighted by molar-refractivity contribution is 6.20. The fraction of sp³-hybridized carbons (Fsp3) is 0.370. The number of amides is 2. The van der Waals surface area contributed by atoms with Crippen molar-refractivity contribution in [2.24, 2.45) is 0 Å². The van der Waals surface area contributed by atoms with E-state index in [2.05, 4.69) is 25.2 Å². The number of nitrogens with one attached hydrogen (secondary N) is 2. The molecule has 1 fully saturated rings. The number of ether oxygens (including phenoxy) is 1. The third-order valence-corrected chi connectivity index (χ3v) is 7.26. The number of anilines is 1. The van der Waals surface area contributed by atoms with Crippen LogP contribution in [0.5, 0.6) is 5.75 Å². The van der Waals surface area contributed by atoms with Crippen LogP contribution in [0.15, 0.2) is 48.7 Å². The Morgan fingerprint density at radius 1 is 1.23 bits per heavy atom. The van der Waals surface area contributed by atoms with E-state index >= 15 is 0 Å². The van der Waals surface area contributed by atoms with Gasteiger partial charge in [-0.2, -0.15) is 5.10 Å². The second-order valence-corrected chi connectivity index (χ2v) is 10.6. The quantitative estimate of drug-likeness (QED) is 0.356. The number of alkyl halides is 3. The number of aromatic amines is 1. The highest BCUT2D eigenvalue weighted by Gasteiger charge is 2.45. The number of rotatable bonds is 8. The fourth-order valence-corrected chi connectivity index (χ4v) is 5.42. The minimum absolute atomic E-state index is 0.163. The molecule has 9 nitrogen and oxygen atoms in total. The van der Waals surface area contributed by atoms with Gasteiger partial charge in [-0.15, -0.1) is 8.78 Å². The number of fused-ring (bicyclic) bond motifs is 1. The summed E-state index contributed by atoms with van der Waals surface area (Å²) in [6, 6.07) is 10.4. The summed E-state index contributed by atoms with van der Waals surface area (Å²) < 4.78 is 30.1. The average Bonchev–Trinajstić information content (AvgIpc) is 3.58. The van der Waals surface area contributed by atoms with Crippen LogP contribution in [0.4, 0.5) is 14.5 Å². The minimum atomic E-state index is -3.85.